The molecule has 2 atom stereocenters. The lowest BCUT2D eigenvalue weighted by Crippen LogP contribution is -2.44. The van der Waals surface area contributed by atoms with Crippen molar-refractivity contribution in [2.45, 2.75) is 247 Å². The number of carbonyl (C=O) groups is 6. The number of unbranched alkanes of at least 4 members (excludes halogenated alkanes) is 2. The van der Waals surface area contributed by atoms with Crippen molar-refractivity contribution < 1.29 is 68.2 Å². The van der Waals surface area contributed by atoms with Gasteiger partial charge in [-0.1, -0.05) is 36.3 Å². The van der Waals surface area contributed by atoms with Crippen molar-refractivity contribution in [3.8, 4) is 0 Å². The van der Waals surface area contributed by atoms with Gasteiger partial charge in [0.15, 0.2) is 0 Å². The lowest BCUT2D eigenvalue weighted by Gasteiger charge is -2.35. The highest BCUT2D eigenvalue weighted by atomic mass is 35.5. The van der Waals surface area contributed by atoms with Crippen molar-refractivity contribution in [3.05, 3.63) is 119 Å². The van der Waals surface area contributed by atoms with Crippen LogP contribution >= 0.6 is 11.6 Å². The fourth-order valence-corrected chi connectivity index (χ4v) is 10.4. The molecule has 0 fully saturated rings. The molecule has 4 heterocycles. The zero-order valence-electron chi connectivity index (χ0n) is 66.7. The number of amides is 4. The number of rotatable bonds is 15. The highest BCUT2D eigenvalue weighted by Gasteiger charge is 2.35. The number of aryl methyl sites for hydroxylation is 2. The third-order valence-electron chi connectivity index (χ3n) is 13.9. The van der Waals surface area contributed by atoms with Crippen molar-refractivity contribution in [3.63, 3.8) is 0 Å². The second kappa shape index (κ2) is 32.8. The molecule has 6 aromatic rings. The number of alkyl halides is 1. The number of para-hydroxylation sites is 4. The van der Waals surface area contributed by atoms with Gasteiger partial charge < -0.3 is 33.7 Å². The largest absolute Gasteiger partial charge is 0.443 e. The third-order valence-corrected chi connectivity index (χ3v) is 14.1. The molecule has 0 radical (unpaired) electrons. The molecule has 520 valence electrons. The van der Waals surface area contributed by atoms with Gasteiger partial charge in [0.05, 0.1) is 62.9 Å². The minimum Gasteiger partial charge on any atom is -0.443 e. The Balaban J connectivity index is 0.000000270. The van der Waals surface area contributed by atoms with E-state index in [2.05, 4.69) is 31.2 Å². The molecule has 0 saturated heterocycles. The summed E-state index contributed by atoms with van der Waals surface area (Å²) in [6.07, 6.45) is 7.29. The summed E-state index contributed by atoms with van der Waals surface area (Å²) in [5.74, 6) is 0.171. The second-order valence-electron chi connectivity index (χ2n) is 29.2. The molecule has 0 unspecified atom stereocenters. The van der Waals surface area contributed by atoms with Gasteiger partial charge in [0, 0.05) is 31.5 Å². The number of nitrogens with zero attached hydrogens (tertiary/aromatic N) is 9. The first-order chi connectivity index (χ1) is 47.6. The summed E-state index contributed by atoms with van der Waals surface area (Å²) in [7, 11) is 0. The maximum Gasteiger partial charge on any atom is 0.420 e. The quantitative estimate of drug-likeness (QED) is 0.0571. The number of carbonyl (C=O) groups excluding carboxylic acids is 6. The van der Waals surface area contributed by atoms with Crippen molar-refractivity contribution in [2.24, 2.45) is 0 Å². The van der Waals surface area contributed by atoms with E-state index in [4.69, 9.17) is 56.0 Å². The Labute approximate surface area is 577 Å². The summed E-state index contributed by atoms with van der Waals surface area (Å²) in [5.41, 5.74) is -0.315. The van der Waals surface area contributed by atoms with E-state index in [1.165, 1.54) is 5.56 Å². The Hall–Kier alpha value is -7.69. The van der Waals surface area contributed by atoms with Gasteiger partial charge in [-0.2, -0.15) is 0 Å². The molecule has 0 bridgehead atoms. The molecule has 2 aromatic carbocycles. The fraction of sp³-hybridized carbons (Fsp3) is 0.583. The first-order valence-corrected chi connectivity index (χ1v) is 33.0. The van der Waals surface area contributed by atoms with Crippen LogP contribution in [0.4, 0.5) is 28.8 Å². The Bertz CT molecular complexity index is 3980. The maximum atomic E-state index is 13.8. The zero-order chi connectivity index (χ0) is 77.2. The van der Waals surface area contributed by atoms with E-state index >= 15 is 0 Å². The van der Waals surface area contributed by atoms with Crippen molar-refractivity contribution >= 4 is 70.2 Å². The van der Waals surface area contributed by atoms with Gasteiger partial charge in [-0.05, 0) is 249 Å². The summed E-state index contributed by atoms with van der Waals surface area (Å²) in [4.78, 5) is 99.5. The summed E-state index contributed by atoms with van der Waals surface area (Å²) < 4.78 is 100.0. The number of imidazole rings is 2. The summed E-state index contributed by atoms with van der Waals surface area (Å²) in [5, 5.41) is 3.57. The molecule has 95 heavy (non-hydrogen) atoms. The van der Waals surface area contributed by atoms with Crippen molar-refractivity contribution in [2.75, 3.05) is 26.2 Å². The average molecular weight is 1340 g/mol. The van der Waals surface area contributed by atoms with Crippen LogP contribution in [0.2, 0.25) is 0 Å². The lowest BCUT2D eigenvalue weighted by atomic mass is 9.90. The van der Waals surface area contributed by atoms with Crippen LogP contribution in [0.3, 0.4) is 0 Å². The normalized spacial score (nSPS) is 16.2. The molecule has 22 nitrogen and oxygen atoms in total. The fourth-order valence-electron chi connectivity index (χ4n) is 10.2. The van der Waals surface area contributed by atoms with E-state index in [-0.39, 0.29) is 89.4 Å². The highest BCUT2D eigenvalue weighted by Crippen LogP contribution is 2.35. The molecule has 0 aliphatic heterocycles. The van der Waals surface area contributed by atoms with Crippen molar-refractivity contribution in [1.82, 2.24) is 49.1 Å². The van der Waals surface area contributed by atoms with Crippen molar-refractivity contribution in [1.29, 1.82) is 0 Å². The van der Waals surface area contributed by atoms with Gasteiger partial charge in [0.2, 0.25) is 0 Å². The topological polar surface area (TPSA) is 241 Å². The second-order valence-corrected chi connectivity index (χ2v) is 29.5. The smallest absolute Gasteiger partial charge is 0.420 e. The van der Waals surface area contributed by atoms with Crippen LogP contribution in [0.5, 0.6) is 0 Å². The number of hydrogen-bond acceptors (Lipinski definition) is 18. The number of hydrogen-bond donors (Lipinski definition) is 1. The van der Waals surface area contributed by atoms with Gasteiger partial charge >= 0.3 is 36.6 Å². The van der Waals surface area contributed by atoms with E-state index < -0.39 is 100 Å². The Morgan fingerprint density at radius 2 is 0.916 bits per heavy atom. The van der Waals surface area contributed by atoms with Crippen LogP contribution in [0, 0.1) is 0 Å². The van der Waals surface area contributed by atoms with Crippen LogP contribution in [0.15, 0.2) is 85.0 Å². The predicted molar refractivity (Wildman–Crippen MR) is 367 cm³/mol. The van der Waals surface area contributed by atoms with Crippen LogP contribution < -0.4 is 5.32 Å². The van der Waals surface area contributed by atoms with E-state index in [0.29, 0.717) is 25.8 Å². The van der Waals surface area contributed by atoms with Gasteiger partial charge in [0.25, 0.3) is 0 Å². The Morgan fingerprint density at radius 3 is 1.37 bits per heavy atom. The van der Waals surface area contributed by atoms with E-state index in [0.717, 1.165) is 87.4 Å². The molecule has 8 rings (SSSR count). The summed E-state index contributed by atoms with van der Waals surface area (Å²) >= 11 is 5.80. The molecular formula is C72H103ClN10O12. The number of nitrogens with one attached hydrogen (secondary N) is 1. The monoisotopic (exact) mass is 1340 g/mol. The molecule has 2 aliphatic rings. The van der Waals surface area contributed by atoms with E-state index in [1.807, 2.05) is 24.4 Å². The van der Waals surface area contributed by atoms with Gasteiger partial charge in [-0.25, -0.2) is 57.7 Å². The first kappa shape index (κ1) is 64.6. The number of ether oxygens (including phenoxy) is 6. The van der Waals surface area contributed by atoms with Crippen LogP contribution in [-0.4, -0.2) is 140 Å². The molecular weight excluding hydrogens is 1230 g/mol. The number of aromatic nitrogens is 6. The van der Waals surface area contributed by atoms with Gasteiger partial charge in [0.1, 0.15) is 45.3 Å². The number of benzene rings is 2. The van der Waals surface area contributed by atoms with Gasteiger partial charge in [-0.15, -0.1) is 11.6 Å². The Kier molecular flexibility index (Phi) is 22.3. The predicted octanol–water partition coefficient (Wildman–Crippen LogP) is 16.6. The SMILES string of the molecule is CC(C)(C)OC(=O)N(CCCCN[C@H]1CCCc2cccnc21)C(=O)OC(C)(C)C.[2H]c1c([2H])c([2H])c2c(nc(CCl)n2C(=O)OC(C)(C)C)c1[2H].[2H]c1c([2H])c([2H])c2c(nc(CN(CCCCN(C(=O)OC(C)(C)C)C(=O)OC(C)(C)C)[C@H]3CCCc4cccnc43)n2C(=O)OC(C)(C)C)c1[2H]. The standard InChI is InChI=1S/C36H51N5O6.C23H37N3O4.C13H15ClN2O2/c1-34(2,3)45-31(42)40(32(43)46-35(4,5)6)23-13-12-22-39(28-20-14-16-25-17-15-21-37-30(25)28)24-29-38-26-18-10-11-19-27(26)41(29)33(44)47-36(7,8)9;1-22(2,3)29-20(27)26(21(28)30-23(4,5)6)16-8-7-14-24-18-13-9-11-17-12-10-15-25-19(17)18;1-13(2,3)18-12(17)16-10-7-5-4-6-9(10)15-11(16)8-14/h10-11,15,17-19,21,28H,12-14,16,20,22-24H2,1-9H3;10,12,15,18,24H,7-9,11,13-14,16H2,1-6H3;4-7H,8H2,1-3H3/t28-;18-;/m00./s1/i10D,11D,18D,19D;;4D,5D,6D,7D. The molecule has 4 amide bonds. The third kappa shape index (κ3) is 24.2. The van der Waals surface area contributed by atoms with Crippen LogP contribution in [0.25, 0.3) is 22.1 Å². The average Bonchev–Trinajstić information content (AvgIpc) is 1.61. The Morgan fingerprint density at radius 1 is 0.526 bits per heavy atom. The van der Waals surface area contributed by atoms with E-state index in [1.54, 1.807) is 131 Å². The minimum absolute atomic E-state index is 0.00694. The summed E-state index contributed by atoms with van der Waals surface area (Å²) in [6, 6.07) is 4.98. The molecule has 4 aromatic heterocycles. The number of imide groups is 2. The molecule has 1 N–H and O–H groups in total. The molecule has 23 heteroatoms. The number of pyridine rings is 2. The molecule has 0 spiro atoms. The maximum absolute atomic E-state index is 13.8. The van der Waals surface area contributed by atoms with Crippen LogP contribution in [0.1, 0.15) is 233 Å². The first-order valence-electron chi connectivity index (χ1n) is 36.4. The van der Waals surface area contributed by atoms with Crippen LogP contribution in [-0.2, 0) is 53.7 Å². The molecule has 2 aliphatic carbocycles. The minimum atomic E-state index is -0.893. The highest BCUT2D eigenvalue weighted by molar-refractivity contribution is 6.17. The summed E-state index contributed by atoms with van der Waals surface area (Å²) in [6.45, 7) is 32.8. The molecule has 0 saturated carbocycles. The number of halogens is 1. The lowest BCUT2D eigenvalue weighted by molar-refractivity contribution is -0.00104. The zero-order valence-corrected chi connectivity index (χ0v) is 59.5. The number of fused-ring (bicyclic) bond motifs is 4. The van der Waals surface area contributed by atoms with Gasteiger partial charge in [-0.3, -0.25) is 14.9 Å². The van der Waals surface area contributed by atoms with E-state index in [9.17, 15) is 28.8 Å².